The van der Waals surface area contributed by atoms with E-state index in [2.05, 4.69) is 4.98 Å². The normalized spacial score (nSPS) is 20.4. The Morgan fingerprint density at radius 3 is 2.61 bits per heavy atom. The number of aromatic nitrogens is 1. The Labute approximate surface area is 108 Å². The molecule has 0 aromatic carbocycles. The quantitative estimate of drug-likeness (QED) is 0.860. The third-order valence-corrected chi connectivity index (χ3v) is 3.77. The third-order valence-electron chi connectivity index (χ3n) is 3.77. The Balaban J connectivity index is 2.06. The molecule has 0 amide bonds. The fraction of sp³-hybridized carbons (Fsp3) is 0.643. The van der Waals surface area contributed by atoms with Crippen LogP contribution in [0.15, 0.2) is 18.5 Å². The van der Waals surface area contributed by atoms with Gasteiger partial charge in [-0.2, -0.15) is 0 Å². The zero-order valence-corrected chi connectivity index (χ0v) is 10.7. The van der Waals surface area contributed by atoms with Crippen molar-refractivity contribution in [2.75, 3.05) is 7.11 Å². The number of methoxy groups -OCH3 is 1. The number of hydrogen-bond acceptors (Lipinski definition) is 4. The highest BCUT2D eigenvalue weighted by atomic mass is 16.5. The predicted octanol–water partition coefficient (Wildman–Crippen LogP) is 2.06. The maximum Gasteiger partial charge on any atom is 0.137 e. The fourth-order valence-corrected chi connectivity index (χ4v) is 2.64. The van der Waals surface area contributed by atoms with Gasteiger partial charge < -0.3 is 14.9 Å². The Morgan fingerprint density at radius 2 is 1.94 bits per heavy atom. The first-order chi connectivity index (χ1) is 8.72. The SMILES string of the molecule is COc1cncc(C(O)C(O)C2CCCCC2)c1. The van der Waals surface area contributed by atoms with Crippen LogP contribution in [0.1, 0.15) is 43.8 Å². The van der Waals surface area contributed by atoms with Crippen molar-refractivity contribution >= 4 is 0 Å². The van der Waals surface area contributed by atoms with Gasteiger partial charge >= 0.3 is 0 Å². The van der Waals surface area contributed by atoms with Gasteiger partial charge in [-0.3, -0.25) is 4.98 Å². The zero-order valence-electron chi connectivity index (χ0n) is 10.7. The summed E-state index contributed by atoms with van der Waals surface area (Å²) in [7, 11) is 1.56. The molecule has 1 aliphatic rings. The van der Waals surface area contributed by atoms with E-state index in [0.29, 0.717) is 11.3 Å². The van der Waals surface area contributed by atoms with Crippen LogP contribution in [0.2, 0.25) is 0 Å². The van der Waals surface area contributed by atoms with E-state index >= 15 is 0 Å². The molecule has 0 spiro atoms. The van der Waals surface area contributed by atoms with E-state index in [-0.39, 0.29) is 5.92 Å². The Morgan fingerprint density at radius 1 is 1.22 bits per heavy atom. The molecule has 4 nitrogen and oxygen atoms in total. The van der Waals surface area contributed by atoms with Crippen LogP contribution in [0.4, 0.5) is 0 Å². The number of aliphatic hydroxyl groups is 2. The van der Waals surface area contributed by atoms with Gasteiger partial charge in [0.1, 0.15) is 11.9 Å². The molecule has 0 bridgehead atoms. The van der Waals surface area contributed by atoms with E-state index in [1.165, 1.54) is 6.42 Å². The lowest BCUT2D eigenvalue weighted by Crippen LogP contribution is -2.29. The van der Waals surface area contributed by atoms with Crippen LogP contribution in [-0.2, 0) is 0 Å². The lowest BCUT2D eigenvalue weighted by atomic mass is 9.82. The van der Waals surface area contributed by atoms with Gasteiger partial charge in [0.25, 0.3) is 0 Å². The van der Waals surface area contributed by atoms with Gasteiger partial charge in [-0.05, 0) is 24.8 Å². The number of hydrogen-bond donors (Lipinski definition) is 2. The average molecular weight is 251 g/mol. The molecule has 2 unspecified atom stereocenters. The molecule has 1 aromatic rings. The summed E-state index contributed by atoms with van der Waals surface area (Å²) >= 11 is 0. The minimum Gasteiger partial charge on any atom is -0.495 e. The van der Waals surface area contributed by atoms with Gasteiger partial charge in [0.05, 0.1) is 19.4 Å². The van der Waals surface area contributed by atoms with Crippen molar-refractivity contribution in [3.8, 4) is 5.75 Å². The van der Waals surface area contributed by atoms with Gasteiger partial charge in [-0.15, -0.1) is 0 Å². The molecule has 4 heteroatoms. The monoisotopic (exact) mass is 251 g/mol. The summed E-state index contributed by atoms with van der Waals surface area (Å²) in [6.45, 7) is 0. The van der Waals surface area contributed by atoms with Crippen LogP contribution in [0.5, 0.6) is 5.75 Å². The molecule has 100 valence electrons. The summed E-state index contributed by atoms with van der Waals surface area (Å²) in [5, 5.41) is 20.5. The number of rotatable bonds is 4. The van der Waals surface area contributed by atoms with Crippen molar-refractivity contribution in [2.45, 2.75) is 44.3 Å². The molecular weight excluding hydrogens is 230 g/mol. The summed E-state index contributed by atoms with van der Waals surface area (Å²) in [5.41, 5.74) is 0.618. The van der Waals surface area contributed by atoms with Crippen LogP contribution >= 0.6 is 0 Å². The van der Waals surface area contributed by atoms with Crippen molar-refractivity contribution in [1.82, 2.24) is 4.98 Å². The van der Waals surface area contributed by atoms with Crippen LogP contribution in [-0.4, -0.2) is 28.4 Å². The molecule has 1 aliphatic carbocycles. The van der Waals surface area contributed by atoms with E-state index < -0.39 is 12.2 Å². The Bertz CT molecular complexity index is 377. The molecular formula is C14H21NO3. The topological polar surface area (TPSA) is 62.6 Å². The number of nitrogens with zero attached hydrogens (tertiary/aromatic N) is 1. The van der Waals surface area contributed by atoms with Gasteiger partial charge in [-0.1, -0.05) is 19.3 Å². The number of aliphatic hydroxyl groups excluding tert-OH is 2. The van der Waals surface area contributed by atoms with Gasteiger partial charge in [0.2, 0.25) is 0 Å². The molecule has 1 aromatic heterocycles. The van der Waals surface area contributed by atoms with Crippen molar-refractivity contribution in [3.05, 3.63) is 24.0 Å². The van der Waals surface area contributed by atoms with Gasteiger partial charge in [0, 0.05) is 11.8 Å². The minimum atomic E-state index is -0.879. The van der Waals surface area contributed by atoms with Crippen LogP contribution in [0, 0.1) is 5.92 Å². The molecule has 2 N–H and O–H groups in total. The van der Waals surface area contributed by atoms with Crippen LogP contribution in [0.25, 0.3) is 0 Å². The second-order valence-corrected chi connectivity index (χ2v) is 4.99. The van der Waals surface area contributed by atoms with E-state index in [4.69, 9.17) is 4.74 Å². The number of ether oxygens (including phenoxy) is 1. The van der Waals surface area contributed by atoms with Crippen LogP contribution in [0.3, 0.4) is 0 Å². The van der Waals surface area contributed by atoms with Crippen molar-refractivity contribution in [3.63, 3.8) is 0 Å². The second-order valence-electron chi connectivity index (χ2n) is 4.99. The van der Waals surface area contributed by atoms with Crippen molar-refractivity contribution < 1.29 is 14.9 Å². The summed E-state index contributed by atoms with van der Waals surface area (Å²) in [6.07, 6.45) is 7.10. The second kappa shape index (κ2) is 6.16. The maximum atomic E-state index is 10.2. The predicted molar refractivity (Wildman–Crippen MR) is 68.3 cm³/mol. The average Bonchev–Trinajstić information content (AvgIpc) is 2.46. The van der Waals surface area contributed by atoms with Gasteiger partial charge in [0.15, 0.2) is 0 Å². The molecule has 0 aliphatic heterocycles. The highest BCUT2D eigenvalue weighted by molar-refractivity contribution is 5.25. The van der Waals surface area contributed by atoms with E-state index in [1.807, 2.05) is 0 Å². The fourth-order valence-electron chi connectivity index (χ4n) is 2.64. The third kappa shape index (κ3) is 3.00. The Kier molecular flexibility index (Phi) is 4.55. The van der Waals surface area contributed by atoms with Gasteiger partial charge in [-0.25, -0.2) is 0 Å². The molecule has 0 radical (unpaired) electrons. The van der Waals surface area contributed by atoms with E-state index in [9.17, 15) is 10.2 Å². The summed E-state index contributed by atoms with van der Waals surface area (Å²) in [6, 6.07) is 1.73. The largest absolute Gasteiger partial charge is 0.495 e. The first kappa shape index (κ1) is 13.3. The lowest BCUT2D eigenvalue weighted by Gasteiger charge is -2.29. The molecule has 2 rings (SSSR count). The molecule has 1 saturated carbocycles. The highest BCUT2D eigenvalue weighted by Gasteiger charge is 2.28. The first-order valence-electron chi connectivity index (χ1n) is 6.57. The molecule has 18 heavy (non-hydrogen) atoms. The zero-order chi connectivity index (χ0) is 13.0. The summed E-state index contributed by atoms with van der Waals surface area (Å²) < 4.78 is 5.07. The minimum absolute atomic E-state index is 0.194. The number of pyridine rings is 1. The smallest absolute Gasteiger partial charge is 0.137 e. The van der Waals surface area contributed by atoms with E-state index in [0.717, 1.165) is 25.7 Å². The molecule has 1 heterocycles. The van der Waals surface area contributed by atoms with Crippen molar-refractivity contribution in [2.24, 2.45) is 5.92 Å². The molecule has 2 atom stereocenters. The summed E-state index contributed by atoms with van der Waals surface area (Å²) in [4.78, 5) is 4.01. The van der Waals surface area contributed by atoms with E-state index in [1.54, 1.807) is 25.6 Å². The summed E-state index contributed by atoms with van der Waals surface area (Å²) in [5.74, 6) is 0.794. The molecule has 0 saturated heterocycles. The maximum absolute atomic E-state index is 10.2. The molecule has 1 fully saturated rings. The first-order valence-corrected chi connectivity index (χ1v) is 6.57. The highest BCUT2D eigenvalue weighted by Crippen LogP contribution is 2.32. The standard InChI is InChI=1S/C14H21NO3/c1-18-12-7-11(8-15-9-12)14(17)13(16)10-5-3-2-4-6-10/h7-10,13-14,16-17H,2-6H2,1H3. The lowest BCUT2D eigenvalue weighted by molar-refractivity contribution is -0.0287. The Hall–Kier alpha value is -1.13. The van der Waals surface area contributed by atoms with Crippen LogP contribution < -0.4 is 4.74 Å². The van der Waals surface area contributed by atoms with Crippen molar-refractivity contribution in [1.29, 1.82) is 0 Å².